The molecule has 0 spiro atoms. The van der Waals surface area contributed by atoms with Crippen LogP contribution in [-0.4, -0.2) is 56.2 Å². The van der Waals surface area contributed by atoms with Gasteiger partial charge in [-0.3, -0.25) is 0 Å². The number of aromatic nitrogens is 4. The molecule has 0 amide bonds. The van der Waals surface area contributed by atoms with Gasteiger partial charge < -0.3 is 14.2 Å². The van der Waals surface area contributed by atoms with Gasteiger partial charge in [-0.1, -0.05) is 5.10 Å². The van der Waals surface area contributed by atoms with E-state index in [1.807, 2.05) is 0 Å². The Kier molecular flexibility index (Phi) is 3.98. The SMILES string of the molecule is COc1cc(-n2nnnc2S(C)(=O)=O)cc(OC)c1OC. The van der Waals surface area contributed by atoms with Crippen molar-refractivity contribution in [3.05, 3.63) is 12.1 Å². The lowest BCUT2D eigenvalue weighted by Crippen LogP contribution is -2.09. The number of tetrazole rings is 1. The summed E-state index contributed by atoms with van der Waals surface area (Å²) in [6.45, 7) is 0. The Morgan fingerprint density at radius 2 is 1.62 bits per heavy atom. The van der Waals surface area contributed by atoms with Crippen LogP contribution >= 0.6 is 0 Å². The molecule has 10 heteroatoms. The zero-order chi connectivity index (χ0) is 15.6. The lowest BCUT2D eigenvalue weighted by molar-refractivity contribution is 0.324. The number of sulfone groups is 1. The van der Waals surface area contributed by atoms with E-state index >= 15 is 0 Å². The highest BCUT2D eigenvalue weighted by Gasteiger charge is 2.21. The highest BCUT2D eigenvalue weighted by atomic mass is 32.2. The van der Waals surface area contributed by atoms with Crippen LogP contribution in [0.5, 0.6) is 17.2 Å². The zero-order valence-corrected chi connectivity index (χ0v) is 12.7. The van der Waals surface area contributed by atoms with Gasteiger partial charge in [0.25, 0.3) is 5.16 Å². The Morgan fingerprint density at radius 1 is 1.05 bits per heavy atom. The van der Waals surface area contributed by atoms with Crippen molar-refractivity contribution >= 4 is 9.84 Å². The minimum absolute atomic E-state index is 0.281. The summed E-state index contributed by atoms with van der Waals surface area (Å²) in [5, 5.41) is 10.3. The quantitative estimate of drug-likeness (QED) is 0.764. The third-order valence-electron chi connectivity index (χ3n) is 2.67. The van der Waals surface area contributed by atoms with E-state index in [0.29, 0.717) is 22.9 Å². The van der Waals surface area contributed by atoms with Crippen molar-refractivity contribution in [2.75, 3.05) is 27.6 Å². The zero-order valence-electron chi connectivity index (χ0n) is 11.9. The van der Waals surface area contributed by atoms with Crippen LogP contribution in [0.2, 0.25) is 0 Å². The second-order valence-corrected chi connectivity index (χ2v) is 5.94. The Labute approximate surface area is 121 Å². The Bertz CT molecular complexity index is 731. The van der Waals surface area contributed by atoms with Crippen molar-refractivity contribution in [1.29, 1.82) is 0 Å². The molecule has 0 radical (unpaired) electrons. The second-order valence-electron chi connectivity index (χ2n) is 4.03. The van der Waals surface area contributed by atoms with Gasteiger partial charge in [0.2, 0.25) is 15.6 Å². The van der Waals surface area contributed by atoms with Crippen LogP contribution in [0.15, 0.2) is 17.3 Å². The molecule has 0 aliphatic rings. The number of nitrogens with zero attached hydrogens (tertiary/aromatic N) is 4. The van der Waals surface area contributed by atoms with Gasteiger partial charge >= 0.3 is 0 Å². The fourth-order valence-electron chi connectivity index (χ4n) is 1.76. The average Bonchev–Trinajstić information content (AvgIpc) is 2.95. The van der Waals surface area contributed by atoms with Crippen LogP contribution in [-0.2, 0) is 9.84 Å². The second kappa shape index (κ2) is 5.56. The lowest BCUT2D eigenvalue weighted by Gasteiger charge is -2.14. The molecule has 0 aliphatic carbocycles. The standard InChI is InChI=1S/C11H14N4O5S/c1-18-8-5-7(6-9(19-2)10(8)20-3)15-11(12-13-14-15)21(4,16)17/h5-6H,1-4H3. The molecule has 0 aliphatic heterocycles. The van der Waals surface area contributed by atoms with E-state index in [1.165, 1.54) is 21.3 Å². The minimum Gasteiger partial charge on any atom is -0.493 e. The van der Waals surface area contributed by atoms with E-state index in [9.17, 15) is 8.42 Å². The molecule has 0 fully saturated rings. The predicted molar refractivity (Wildman–Crippen MR) is 71.9 cm³/mol. The molecule has 21 heavy (non-hydrogen) atoms. The van der Waals surface area contributed by atoms with E-state index in [1.54, 1.807) is 12.1 Å². The fourth-order valence-corrected chi connectivity index (χ4v) is 2.40. The van der Waals surface area contributed by atoms with E-state index < -0.39 is 9.84 Å². The monoisotopic (exact) mass is 314 g/mol. The first kappa shape index (κ1) is 15.0. The van der Waals surface area contributed by atoms with Gasteiger partial charge in [0.15, 0.2) is 11.5 Å². The highest BCUT2D eigenvalue weighted by molar-refractivity contribution is 7.90. The fraction of sp³-hybridized carbons (Fsp3) is 0.364. The number of rotatable bonds is 5. The molecule has 9 nitrogen and oxygen atoms in total. The molecule has 0 unspecified atom stereocenters. The highest BCUT2D eigenvalue weighted by Crippen LogP contribution is 2.39. The topological polar surface area (TPSA) is 105 Å². The smallest absolute Gasteiger partial charge is 0.272 e. The molecule has 1 heterocycles. The molecular formula is C11H14N4O5S. The third-order valence-corrected chi connectivity index (χ3v) is 3.58. The van der Waals surface area contributed by atoms with Crippen molar-refractivity contribution in [1.82, 2.24) is 20.2 Å². The van der Waals surface area contributed by atoms with E-state index in [4.69, 9.17) is 14.2 Å². The summed E-state index contributed by atoms with van der Waals surface area (Å²) in [5.41, 5.74) is 0.370. The lowest BCUT2D eigenvalue weighted by atomic mass is 10.2. The number of ether oxygens (including phenoxy) is 3. The molecule has 2 aromatic rings. The van der Waals surface area contributed by atoms with Gasteiger partial charge in [-0.15, -0.1) is 0 Å². The normalized spacial score (nSPS) is 11.2. The van der Waals surface area contributed by atoms with Gasteiger partial charge in [-0.2, -0.15) is 4.68 Å². The molecule has 0 N–H and O–H groups in total. The summed E-state index contributed by atoms with van der Waals surface area (Å²) in [5.74, 6) is 1.11. The van der Waals surface area contributed by atoms with Crippen LogP contribution < -0.4 is 14.2 Å². The molecule has 0 saturated carbocycles. The molecule has 1 aromatic carbocycles. The maximum absolute atomic E-state index is 11.7. The van der Waals surface area contributed by atoms with E-state index in [0.717, 1.165) is 10.9 Å². The van der Waals surface area contributed by atoms with Crippen molar-refractivity contribution < 1.29 is 22.6 Å². The van der Waals surface area contributed by atoms with E-state index in [2.05, 4.69) is 15.5 Å². The summed E-state index contributed by atoms with van der Waals surface area (Å²) in [6, 6.07) is 3.10. The molecular weight excluding hydrogens is 300 g/mol. The maximum atomic E-state index is 11.7. The Morgan fingerprint density at radius 3 is 2.05 bits per heavy atom. The largest absolute Gasteiger partial charge is 0.493 e. The van der Waals surface area contributed by atoms with Gasteiger partial charge in [-0.05, 0) is 10.4 Å². The number of hydrogen-bond acceptors (Lipinski definition) is 8. The van der Waals surface area contributed by atoms with Crippen molar-refractivity contribution in [2.45, 2.75) is 5.16 Å². The summed E-state index contributed by atoms with van der Waals surface area (Å²) >= 11 is 0. The molecule has 1 aromatic heterocycles. The predicted octanol–water partition coefficient (Wildman–Crippen LogP) is 0.0916. The summed E-state index contributed by atoms with van der Waals surface area (Å²) in [7, 11) is 0.805. The maximum Gasteiger partial charge on any atom is 0.272 e. The van der Waals surface area contributed by atoms with Crippen molar-refractivity contribution in [3.8, 4) is 22.9 Å². The Hall–Kier alpha value is -2.36. The summed E-state index contributed by atoms with van der Waals surface area (Å²) in [6.07, 6.45) is 1.02. The molecule has 114 valence electrons. The third kappa shape index (κ3) is 2.75. The first-order valence-corrected chi connectivity index (χ1v) is 7.60. The number of methoxy groups -OCH3 is 3. The van der Waals surface area contributed by atoms with Gasteiger partial charge in [0, 0.05) is 18.4 Å². The van der Waals surface area contributed by atoms with Crippen LogP contribution in [0, 0.1) is 0 Å². The molecule has 0 bridgehead atoms. The molecule has 0 saturated heterocycles. The number of benzene rings is 1. The minimum atomic E-state index is -3.58. The summed E-state index contributed by atoms with van der Waals surface area (Å²) in [4.78, 5) is 0. The van der Waals surface area contributed by atoms with E-state index in [-0.39, 0.29) is 5.16 Å². The first-order chi connectivity index (χ1) is 9.92. The van der Waals surface area contributed by atoms with Crippen molar-refractivity contribution in [2.24, 2.45) is 0 Å². The first-order valence-electron chi connectivity index (χ1n) is 5.71. The average molecular weight is 314 g/mol. The van der Waals surface area contributed by atoms with Gasteiger partial charge in [0.05, 0.1) is 27.0 Å². The van der Waals surface area contributed by atoms with Crippen LogP contribution in [0.3, 0.4) is 0 Å². The molecule has 2 rings (SSSR count). The summed E-state index contributed by atoms with van der Waals surface area (Å²) < 4.78 is 40.0. The van der Waals surface area contributed by atoms with Gasteiger partial charge in [0.1, 0.15) is 0 Å². The van der Waals surface area contributed by atoms with Crippen molar-refractivity contribution in [3.63, 3.8) is 0 Å². The number of hydrogen-bond donors (Lipinski definition) is 0. The van der Waals surface area contributed by atoms with Gasteiger partial charge in [-0.25, -0.2) is 8.42 Å². The van der Waals surface area contributed by atoms with Crippen LogP contribution in [0.4, 0.5) is 0 Å². The van der Waals surface area contributed by atoms with Crippen LogP contribution in [0.25, 0.3) is 5.69 Å². The van der Waals surface area contributed by atoms with Crippen LogP contribution in [0.1, 0.15) is 0 Å². The Balaban J connectivity index is 2.69. The molecule has 0 atom stereocenters.